The van der Waals surface area contributed by atoms with Crippen LogP contribution < -0.4 is 0 Å². The maximum atomic E-state index is 6.59. The fraction of sp³-hybridized carbons (Fsp3) is 0.0196. The number of furan rings is 1. The van der Waals surface area contributed by atoms with E-state index in [0.717, 1.165) is 77.2 Å². The molecule has 0 amide bonds. The van der Waals surface area contributed by atoms with Crippen molar-refractivity contribution in [1.82, 2.24) is 29.1 Å². The number of benzene rings is 16. The molecule has 8 heteroatoms. The highest BCUT2D eigenvalue weighted by atomic mass is 32.1. The van der Waals surface area contributed by atoms with E-state index in [1.54, 1.807) is 11.3 Å². The fourth-order valence-corrected chi connectivity index (χ4v) is 21.1. The lowest BCUT2D eigenvalue weighted by molar-refractivity contribution is 0.653. The van der Waals surface area contributed by atoms with E-state index in [4.69, 9.17) is 24.4 Å². The molecule has 0 saturated heterocycles. The van der Waals surface area contributed by atoms with E-state index < -0.39 is 5.41 Å². The summed E-state index contributed by atoms with van der Waals surface area (Å²) in [6, 6.07) is 128. The molecule has 4 aliphatic rings. The molecule has 6 aromatic heterocycles. The van der Waals surface area contributed by atoms with Gasteiger partial charge in [0.05, 0.1) is 43.7 Å². The Morgan fingerprint density at radius 3 is 1.08 bits per heavy atom. The second kappa shape index (κ2) is 22.2. The van der Waals surface area contributed by atoms with Gasteiger partial charge in [-0.15, -0.1) is 11.3 Å². The Labute approximate surface area is 634 Å². The first-order valence-corrected chi connectivity index (χ1v) is 38.5. The molecule has 0 bridgehead atoms. The molecule has 2 spiro atoms. The monoisotopic (exact) mass is 1410 g/mol. The molecule has 4 aliphatic carbocycles. The van der Waals surface area contributed by atoms with Crippen molar-refractivity contribution in [3.63, 3.8) is 0 Å². The lowest BCUT2D eigenvalue weighted by atomic mass is 9.70. The molecule has 0 unspecified atom stereocenters. The van der Waals surface area contributed by atoms with Crippen molar-refractivity contribution in [3.05, 3.63) is 396 Å². The molecule has 0 radical (unpaired) electrons. The predicted octanol–water partition coefficient (Wildman–Crippen LogP) is 25.7. The summed E-state index contributed by atoms with van der Waals surface area (Å²) < 4.78 is 12.5. The molecule has 0 N–H and O–H groups in total. The molecule has 6 heterocycles. The van der Waals surface area contributed by atoms with Crippen LogP contribution in [0.15, 0.2) is 356 Å². The van der Waals surface area contributed by atoms with Gasteiger partial charge in [0.25, 0.3) is 0 Å². The van der Waals surface area contributed by atoms with Crippen LogP contribution in [0.3, 0.4) is 0 Å². The van der Waals surface area contributed by atoms with E-state index in [9.17, 15) is 0 Å². The van der Waals surface area contributed by atoms with Gasteiger partial charge in [-0.25, -0.2) is 15.0 Å². The van der Waals surface area contributed by atoms with Crippen LogP contribution in [0.4, 0.5) is 0 Å². The van der Waals surface area contributed by atoms with Crippen molar-refractivity contribution in [2.45, 2.75) is 10.8 Å². The van der Waals surface area contributed by atoms with Crippen LogP contribution >= 0.6 is 11.3 Å². The van der Waals surface area contributed by atoms with Gasteiger partial charge in [-0.3, -0.25) is 9.13 Å². The van der Waals surface area contributed by atoms with Crippen LogP contribution in [-0.4, -0.2) is 29.1 Å². The zero-order valence-corrected chi connectivity index (χ0v) is 59.8. The van der Waals surface area contributed by atoms with E-state index >= 15 is 0 Å². The molecule has 0 fully saturated rings. The largest absolute Gasteiger partial charge is 0.437 e. The molecule has 110 heavy (non-hydrogen) atoms. The summed E-state index contributed by atoms with van der Waals surface area (Å²) in [6.07, 6.45) is 0. The van der Waals surface area contributed by atoms with Gasteiger partial charge < -0.3 is 4.42 Å². The summed E-state index contributed by atoms with van der Waals surface area (Å²) in [5.74, 6) is 3.08. The molecular formula is C102H58N6OS. The maximum absolute atomic E-state index is 6.59. The molecule has 0 aliphatic heterocycles. The van der Waals surface area contributed by atoms with Gasteiger partial charge in [0.2, 0.25) is 5.71 Å². The summed E-state index contributed by atoms with van der Waals surface area (Å²) in [6.45, 7) is 0. The fourth-order valence-electron chi connectivity index (χ4n) is 20.0. The van der Waals surface area contributed by atoms with Crippen LogP contribution in [-0.2, 0) is 10.8 Å². The van der Waals surface area contributed by atoms with E-state index in [1.165, 1.54) is 142 Å². The third-order valence-corrected chi connectivity index (χ3v) is 25.5. The van der Waals surface area contributed by atoms with Gasteiger partial charge in [0, 0.05) is 48.1 Å². The van der Waals surface area contributed by atoms with Crippen molar-refractivity contribution in [3.8, 4) is 78.9 Å². The molecule has 0 atom stereocenters. The number of rotatable bonds is 4. The van der Waals surface area contributed by atoms with Crippen LogP contribution in [0.2, 0.25) is 0 Å². The third-order valence-electron chi connectivity index (χ3n) is 24.5. The second-order valence-corrected chi connectivity index (χ2v) is 30.8. The number of nitrogens with zero attached hydrogens (tertiary/aromatic N) is 6. The molecule has 508 valence electrons. The Bertz CT molecular complexity index is 7290. The molecule has 16 aromatic carbocycles. The van der Waals surface area contributed by atoms with Crippen molar-refractivity contribution in [2.24, 2.45) is 0 Å². The van der Waals surface area contributed by atoms with Gasteiger partial charge >= 0.3 is 0 Å². The van der Waals surface area contributed by atoms with Gasteiger partial charge in [0.15, 0.2) is 23.3 Å². The highest BCUT2D eigenvalue weighted by Crippen LogP contribution is 2.65. The summed E-state index contributed by atoms with van der Waals surface area (Å²) in [4.78, 5) is 22.8. The van der Waals surface area contributed by atoms with Crippen LogP contribution in [0, 0.1) is 0 Å². The summed E-state index contributed by atoms with van der Waals surface area (Å²) in [5, 5.41) is 13.8. The molecule has 22 aromatic rings. The topological polar surface area (TPSA) is 74.6 Å². The smallest absolute Gasteiger partial charge is 0.233 e. The van der Waals surface area contributed by atoms with Gasteiger partial charge in [-0.2, -0.15) is 4.98 Å². The highest BCUT2D eigenvalue weighted by Gasteiger charge is 2.53. The Balaban J connectivity index is 0.000000126. The quantitative estimate of drug-likeness (QED) is 0.176. The van der Waals surface area contributed by atoms with Gasteiger partial charge in [-0.1, -0.05) is 291 Å². The Kier molecular flexibility index (Phi) is 12.1. The number of hydrogen-bond acceptors (Lipinski definition) is 6. The highest BCUT2D eigenvalue weighted by molar-refractivity contribution is 7.25. The third kappa shape index (κ3) is 7.90. The Hall–Kier alpha value is -14.2. The van der Waals surface area contributed by atoms with Crippen molar-refractivity contribution in [1.29, 1.82) is 0 Å². The minimum absolute atomic E-state index is 0.384. The average molecular weight is 1420 g/mol. The molecule has 26 rings (SSSR count). The van der Waals surface area contributed by atoms with Crippen LogP contribution in [0.25, 0.3) is 186 Å². The van der Waals surface area contributed by atoms with Crippen LogP contribution in [0.1, 0.15) is 44.5 Å². The maximum Gasteiger partial charge on any atom is 0.233 e. The number of para-hydroxylation sites is 3. The lowest BCUT2D eigenvalue weighted by Gasteiger charge is -2.30. The SMILES string of the molecule is c1ccc2c(c1)-c1ccccc1C21c2ccccc2-c2cc(-c3nc(-n4c5ccccc5c5cc6ccccc6cc54)c4c(n3)oc3ccccc34)ccc21.c1ccc2c(c1)-c1ccccc1C21c2ccccc2-c2cc(-c3nc(-n4c5ccccc5c5cc6ccccc6cc54)c4c(n3)sc3ccccc34)ccc21. The average Bonchev–Trinajstić information content (AvgIpc) is 1.51. The van der Waals surface area contributed by atoms with Crippen molar-refractivity contribution >= 4 is 119 Å². The number of hydrogen-bond donors (Lipinski definition) is 0. The first kappa shape index (κ1) is 60.0. The number of aromatic nitrogens is 6. The first-order valence-electron chi connectivity index (χ1n) is 37.7. The van der Waals surface area contributed by atoms with E-state index in [0.29, 0.717) is 11.5 Å². The number of thiophene rings is 1. The van der Waals surface area contributed by atoms with E-state index in [2.05, 4.69) is 349 Å². The van der Waals surface area contributed by atoms with Gasteiger partial charge in [-0.05, 0) is 171 Å². The summed E-state index contributed by atoms with van der Waals surface area (Å²) in [5.41, 5.74) is 27.8. The Morgan fingerprint density at radius 2 is 0.609 bits per heavy atom. The summed E-state index contributed by atoms with van der Waals surface area (Å²) in [7, 11) is 0. The van der Waals surface area contributed by atoms with E-state index in [1.807, 2.05) is 12.1 Å². The normalized spacial score (nSPS) is 13.6. The Morgan fingerprint density at radius 1 is 0.255 bits per heavy atom. The second-order valence-electron chi connectivity index (χ2n) is 29.7. The minimum atomic E-state index is -0.405. The standard InChI is InChI=1S/C51H29N3O.C51H29N3S/c2*1-2-14-31-29-45-39(27-30(31)13-1)36-18-6-11-23-44(36)54(45)49-47-37-19-7-12-24-46(37)55-50(47)53-48(52-49)32-25-26-43-38(28-32)35-17-5-10-22-42(35)51(43)40-20-8-3-15-33(40)34-16-4-9-21-41(34)51/h2*1-29H. The van der Waals surface area contributed by atoms with E-state index in [-0.39, 0.29) is 5.41 Å². The van der Waals surface area contributed by atoms with Gasteiger partial charge in [0.1, 0.15) is 10.4 Å². The zero-order valence-electron chi connectivity index (χ0n) is 59.0. The molecule has 7 nitrogen and oxygen atoms in total. The summed E-state index contributed by atoms with van der Waals surface area (Å²) >= 11 is 1.74. The zero-order chi connectivity index (χ0) is 71.7. The van der Waals surface area contributed by atoms with Crippen LogP contribution in [0.5, 0.6) is 0 Å². The predicted molar refractivity (Wildman–Crippen MR) is 451 cm³/mol. The lowest BCUT2D eigenvalue weighted by Crippen LogP contribution is -2.25. The minimum Gasteiger partial charge on any atom is -0.437 e. The molecular weight excluding hydrogens is 1360 g/mol. The number of fused-ring (bicyclic) bond motifs is 34. The van der Waals surface area contributed by atoms with Crippen molar-refractivity contribution < 1.29 is 4.42 Å². The van der Waals surface area contributed by atoms with Crippen molar-refractivity contribution in [2.75, 3.05) is 0 Å². The molecule has 0 saturated carbocycles. The first-order chi connectivity index (χ1) is 54.5.